The van der Waals surface area contributed by atoms with Crippen LogP contribution in [0.2, 0.25) is 0 Å². The minimum Gasteiger partial charge on any atom is -0.317 e. The van der Waals surface area contributed by atoms with Gasteiger partial charge in [0.15, 0.2) is 5.78 Å². The summed E-state index contributed by atoms with van der Waals surface area (Å²) in [6, 6.07) is 0. The standard InChI is InChI=1S/C11H16N2OS.ClH/c1-2-10(14)9-7-15-11(13-9)8-3-5-12-6-4-8;/h7-8,12H,2-6H2,1H3;1H. The maximum absolute atomic E-state index is 11.4. The topological polar surface area (TPSA) is 42.0 Å². The van der Waals surface area contributed by atoms with E-state index >= 15 is 0 Å². The fourth-order valence-corrected chi connectivity index (χ4v) is 2.85. The summed E-state index contributed by atoms with van der Waals surface area (Å²) in [7, 11) is 0. The van der Waals surface area contributed by atoms with Crippen LogP contribution < -0.4 is 5.32 Å². The number of carbonyl (C=O) groups is 1. The number of thiazole rings is 1. The summed E-state index contributed by atoms with van der Waals surface area (Å²) in [6.07, 6.45) is 2.84. The minimum atomic E-state index is 0. The molecule has 1 aliphatic heterocycles. The second kappa shape index (κ2) is 6.33. The average Bonchev–Trinajstić information content (AvgIpc) is 2.78. The third kappa shape index (κ3) is 3.03. The van der Waals surface area contributed by atoms with Gasteiger partial charge in [-0.1, -0.05) is 6.92 Å². The Morgan fingerprint density at radius 1 is 1.56 bits per heavy atom. The van der Waals surface area contributed by atoms with Gasteiger partial charge >= 0.3 is 0 Å². The maximum atomic E-state index is 11.4. The lowest BCUT2D eigenvalue weighted by Gasteiger charge is -2.20. The Balaban J connectivity index is 0.00000128. The van der Waals surface area contributed by atoms with Gasteiger partial charge in [0, 0.05) is 17.7 Å². The van der Waals surface area contributed by atoms with Crippen molar-refractivity contribution in [3.8, 4) is 0 Å². The lowest BCUT2D eigenvalue weighted by molar-refractivity contribution is 0.0984. The number of nitrogens with one attached hydrogen (secondary N) is 1. The highest BCUT2D eigenvalue weighted by atomic mass is 35.5. The third-order valence-electron chi connectivity index (χ3n) is 2.82. The molecule has 1 fully saturated rings. The summed E-state index contributed by atoms with van der Waals surface area (Å²) in [4.78, 5) is 15.9. The van der Waals surface area contributed by atoms with Crippen molar-refractivity contribution in [3.05, 3.63) is 16.1 Å². The van der Waals surface area contributed by atoms with E-state index in [1.807, 2.05) is 12.3 Å². The molecule has 0 aliphatic carbocycles. The van der Waals surface area contributed by atoms with E-state index in [2.05, 4.69) is 10.3 Å². The van der Waals surface area contributed by atoms with Crippen LogP contribution in [-0.2, 0) is 0 Å². The Labute approximate surface area is 106 Å². The van der Waals surface area contributed by atoms with Gasteiger partial charge in [-0.05, 0) is 25.9 Å². The van der Waals surface area contributed by atoms with Crippen LogP contribution in [0.25, 0.3) is 0 Å². The molecule has 16 heavy (non-hydrogen) atoms. The molecule has 0 unspecified atom stereocenters. The van der Waals surface area contributed by atoms with Crippen LogP contribution in [0.4, 0.5) is 0 Å². The third-order valence-corrected chi connectivity index (χ3v) is 3.82. The molecular weight excluding hydrogens is 244 g/mol. The second-order valence-corrected chi connectivity index (χ2v) is 4.76. The molecule has 0 radical (unpaired) electrons. The number of Topliss-reactive ketones (excluding diaryl/α,β-unsaturated/α-hetero) is 1. The SMILES string of the molecule is CCC(=O)c1csc(C2CCNCC2)n1.Cl. The van der Waals surface area contributed by atoms with Crippen LogP contribution >= 0.6 is 23.7 Å². The average molecular weight is 261 g/mol. The second-order valence-electron chi connectivity index (χ2n) is 3.87. The van der Waals surface area contributed by atoms with Crippen LogP contribution in [0.15, 0.2) is 5.38 Å². The summed E-state index contributed by atoms with van der Waals surface area (Å²) < 4.78 is 0. The Morgan fingerprint density at radius 2 is 2.25 bits per heavy atom. The van der Waals surface area contributed by atoms with Crippen LogP contribution in [0, 0.1) is 0 Å². The van der Waals surface area contributed by atoms with Gasteiger partial charge < -0.3 is 5.32 Å². The van der Waals surface area contributed by atoms with E-state index in [1.165, 1.54) is 0 Å². The van der Waals surface area contributed by atoms with Crippen LogP contribution in [0.5, 0.6) is 0 Å². The number of hydrogen-bond donors (Lipinski definition) is 1. The zero-order chi connectivity index (χ0) is 10.7. The van der Waals surface area contributed by atoms with Gasteiger partial charge in [0.2, 0.25) is 0 Å². The number of nitrogens with zero attached hydrogens (tertiary/aromatic N) is 1. The number of carbonyl (C=O) groups excluding carboxylic acids is 1. The lowest BCUT2D eigenvalue weighted by Crippen LogP contribution is -2.26. The van der Waals surface area contributed by atoms with Crippen molar-refractivity contribution in [3.63, 3.8) is 0 Å². The van der Waals surface area contributed by atoms with Gasteiger partial charge in [-0.15, -0.1) is 23.7 Å². The first-order chi connectivity index (χ1) is 7.31. The molecule has 5 heteroatoms. The molecule has 3 nitrogen and oxygen atoms in total. The normalized spacial score (nSPS) is 16.8. The molecule has 0 aromatic carbocycles. The molecule has 0 bridgehead atoms. The van der Waals surface area contributed by atoms with Crippen molar-refractivity contribution in [1.82, 2.24) is 10.3 Å². The van der Waals surface area contributed by atoms with Gasteiger partial charge in [0.1, 0.15) is 5.69 Å². The molecule has 1 aromatic rings. The number of aromatic nitrogens is 1. The number of ketones is 1. The summed E-state index contributed by atoms with van der Waals surface area (Å²) in [5.74, 6) is 0.723. The van der Waals surface area contributed by atoms with Crippen molar-refractivity contribution in [2.24, 2.45) is 0 Å². The summed E-state index contributed by atoms with van der Waals surface area (Å²) >= 11 is 1.64. The highest BCUT2D eigenvalue weighted by molar-refractivity contribution is 7.09. The first-order valence-corrected chi connectivity index (χ1v) is 6.38. The molecule has 0 spiro atoms. The highest BCUT2D eigenvalue weighted by Gasteiger charge is 2.19. The van der Waals surface area contributed by atoms with E-state index < -0.39 is 0 Å². The Bertz CT molecular complexity index is 348. The Morgan fingerprint density at radius 3 is 2.88 bits per heavy atom. The lowest BCUT2D eigenvalue weighted by atomic mass is 9.99. The largest absolute Gasteiger partial charge is 0.317 e. The summed E-state index contributed by atoms with van der Waals surface area (Å²) in [5, 5.41) is 6.39. The van der Waals surface area contributed by atoms with Gasteiger partial charge in [0.05, 0.1) is 5.01 Å². The smallest absolute Gasteiger partial charge is 0.181 e. The van der Waals surface area contributed by atoms with Gasteiger partial charge in [-0.25, -0.2) is 4.98 Å². The predicted octanol–water partition coefficient (Wildman–Crippen LogP) is 2.62. The number of hydrogen-bond acceptors (Lipinski definition) is 4. The van der Waals surface area contributed by atoms with E-state index in [0.717, 1.165) is 30.9 Å². The van der Waals surface area contributed by atoms with E-state index in [1.54, 1.807) is 11.3 Å². The number of rotatable bonds is 3. The molecule has 90 valence electrons. The summed E-state index contributed by atoms with van der Waals surface area (Å²) in [5.41, 5.74) is 0.663. The fourth-order valence-electron chi connectivity index (χ4n) is 1.85. The van der Waals surface area contributed by atoms with Crippen molar-refractivity contribution >= 4 is 29.5 Å². The molecule has 1 aliphatic rings. The molecule has 1 saturated heterocycles. The molecule has 2 rings (SSSR count). The first-order valence-electron chi connectivity index (χ1n) is 5.50. The van der Waals surface area contributed by atoms with Gasteiger partial charge in [-0.2, -0.15) is 0 Å². The van der Waals surface area contributed by atoms with Crippen molar-refractivity contribution in [2.45, 2.75) is 32.1 Å². The molecule has 2 heterocycles. The monoisotopic (exact) mass is 260 g/mol. The van der Waals surface area contributed by atoms with Crippen molar-refractivity contribution in [2.75, 3.05) is 13.1 Å². The van der Waals surface area contributed by atoms with Gasteiger partial charge in [-0.3, -0.25) is 4.79 Å². The van der Waals surface area contributed by atoms with Crippen LogP contribution in [0.1, 0.15) is 47.6 Å². The fraction of sp³-hybridized carbons (Fsp3) is 0.636. The van der Waals surface area contributed by atoms with E-state index in [4.69, 9.17) is 0 Å². The number of halogens is 1. The molecule has 1 aromatic heterocycles. The highest BCUT2D eigenvalue weighted by Crippen LogP contribution is 2.28. The molecular formula is C11H17ClN2OS. The van der Waals surface area contributed by atoms with E-state index in [-0.39, 0.29) is 18.2 Å². The molecule has 0 saturated carbocycles. The molecule has 0 atom stereocenters. The van der Waals surface area contributed by atoms with Gasteiger partial charge in [0.25, 0.3) is 0 Å². The summed E-state index contributed by atoms with van der Waals surface area (Å²) in [6.45, 7) is 4.02. The van der Waals surface area contributed by atoms with Crippen molar-refractivity contribution < 1.29 is 4.79 Å². The Kier molecular flexibility index (Phi) is 5.38. The first kappa shape index (κ1) is 13.6. The maximum Gasteiger partial charge on any atom is 0.181 e. The minimum absolute atomic E-state index is 0. The van der Waals surface area contributed by atoms with Crippen LogP contribution in [-0.4, -0.2) is 23.9 Å². The zero-order valence-electron chi connectivity index (χ0n) is 9.36. The van der Waals surface area contributed by atoms with E-state index in [9.17, 15) is 4.79 Å². The molecule has 1 N–H and O–H groups in total. The van der Waals surface area contributed by atoms with Crippen LogP contribution in [0.3, 0.4) is 0 Å². The quantitative estimate of drug-likeness (QED) is 0.850. The number of piperidine rings is 1. The molecule has 0 amide bonds. The van der Waals surface area contributed by atoms with Crippen molar-refractivity contribution in [1.29, 1.82) is 0 Å². The predicted molar refractivity (Wildman–Crippen MR) is 68.8 cm³/mol. The Hall–Kier alpha value is -0.450. The zero-order valence-corrected chi connectivity index (χ0v) is 11.0. The van der Waals surface area contributed by atoms with E-state index in [0.29, 0.717) is 18.0 Å².